The molecule has 1 amide bonds. The number of hydrogen-bond acceptors (Lipinski definition) is 3. The van der Waals surface area contributed by atoms with Gasteiger partial charge in [-0.1, -0.05) is 67.8 Å². The van der Waals surface area contributed by atoms with Crippen molar-refractivity contribution in [3.05, 3.63) is 65.7 Å². The Balaban J connectivity index is 2.15. The van der Waals surface area contributed by atoms with Crippen LogP contribution >= 0.6 is 0 Å². The minimum absolute atomic E-state index is 0.157. The highest BCUT2D eigenvalue weighted by molar-refractivity contribution is 7.89. The summed E-state index contributed by atoms with van der Waals surface area (Å²) in [5, 5.41) is 2.86. The molecule has 0 aliphatic rings. The molecule has 0 spiro atoms. The van der Waals surface area contributed by atoms with Crippen LogP contribution in [0.25, 0.3) is 0 Å². The predicted octanol–water partition coefficient (Wildman–Crippen LogP) is 3.19. The van der Waals surface area contributed by atoms with Gasteiger partial charge in [-0.3, -0.25) is 4.79 Å². The van der Waals surface area contributed by atoms with Crippen molar-refractivity contribution in [3.63, 3.8) is 0 Å². The van der Waals surface area contributed by atoms with Gasteiger partial charge in [-0.15, -0.1) is 0 Å². The molecule has 0 saturated carbocycles. The SMILES string of the molecule is CCCCCNC(=O)C(Cc1ccccc1)NS(=O)(=O)c1ccc(C)cc1. The van der Waals surface area contributed by atoms with E-state index in [0.717, 1.165) is 30.4 Å². The number of benzene rings is 2. The monoisotopic (exact) mass is 388 g/mol. The summed E-state index contributed by atoms with van der Waals surface area (Å²) in [6.07, 6.45) is 3.26. The van der Waals surface area contributed by atoms with Crippen LogP contribution in [0, 0.1) is 6.92 Å². The number of amides is 1. The van der Waals surface area contributed by atoms with E-state index in [0.29, 0.717) is 13.0 Å². The van der Waals surface area contributed by atoms with Gasteiger partial charge < -0.3 is 5.32 Å². The highest BCUT2D eigenvalue weighted by Gasteiger charge is 2.25. The summed E-state index contributed by atoms with van der Waals surface area (Å²) >= 11 is 0. The largest absolute Gasteiger partial charge is 0.355 e. The Morgan fingerprint density at radius 2 is 1.67 bits per heavy atom. The Bertz CT molecular complexity index is 818. The molecule has 2 aromatic rings. The molecule has 0 fully saturated rings. The van der Waals surface area contributed by atoms with Crippen LogP contribution in [0.15, 0.2) is 59.5 Å². The number of carbonyl (C=O) groups is 1. The van der Waals surface area contributed by atoms with Crippen molar-refractivity contribution in [2.45, 2.75) is 50.5 Å². The van der Waals surface area contributed by atoms with Gasteiger partial charge in [-0.25, -0.2) is 8.42 Å². The second-order valence-electron chi connectivity index (χ2n) is 6.67. The fourth-order valence-electron chi connectivity index (χ4n) is 2.72. The summed E-state index contributed by atoms with van der Waals surface area (Å²) in [7, 11) is -3.79. The van der Waals surface area contributed by atoms with E-state index in [4.69, 9.17) is 0 Å². The molecule has 0 aromatic heterocycles. The first-order valence-corrected chi connectivity index (χ1v) is 10.8. The van der Waals surface area contributed by atoms with Gasteiger partial charge in [0.25, 0.3) is 0 Å². The maximum Gasteiger partial charge on any atom is 0.241 e. The quantitative estimate of drug-likeness (QED) is 0.614. The number of carbonyl (C=O) groups excluding carboxylic acids is 1. The molecular weight excluding hydrogens is 360 g/mol. The van der Waals surface area contributed by atoms with Gasteiger partial charge in [0.1, 0.15) is 6.04 Å². The van der Waals surface area contributed by atoms with Crippen LogP contribution < -0.4 is 10.0 Å². The van der Waals surface area contributed by atoms with Gasteiger partial charge >= 0.3 is 0 Å². The molecular formula is C21H28N2O3S. The molecule has 6 heteroatoms. The van der Waals surface area contributed by atoms with Gasteiger partial charge in [0.05, 0.1) is 4.90 Å². The van der Waals surface area contributed by atoms with Crippen LogP contribution in [0.4, 0.5) is 0 Å². The Morgan fingerprint density at radius 3 is 2.30 bits per heavy atom. The van der Waals surface area contributed by atoms with E-state index in [9.17, 15) is 13.2 Å². The van der Waals surface area contributed by atoms with Gasteiger partial charge in [0.15, 0.2) is 0 Å². The topological polar surface area (TPSA) is 75.3 Å². The zero-order valence-electron chi connectivity index (χ0n) is 15.9. The average Bonchev–Trinajstić information content (AvgIpc) is 2.65. The van der Waals surface area contributed by atoms with Crippen LogP contribution in [0.1, 0.15) is 37.3 Å². The Labute approximate surface area is 162 Å². The third-order valence-corrected chi connectivity index (χ3v) is 5.79. The third kappa shape index (κ3) is 6.81. The number of nitrogens with one attached hydrogen (secondary N) is 2. The molecule has 0 aliphatic heterocycles. The maximum atomic E-state index is 12.7. The highest BCUT2D eigenvalue weighted by atomic mass is 32.2. The normalized spacial score (nSPS) is 12.5. The first kappa shape index (κ1) is 21.1. The number of aryl methyl sites for hydroxylation is 1. The fraction of sp³-hybridized carbons (Fsp3) is 0.381. The molecule has 0 radical (unpaired) electrons. The molecule has 0 aliphatic carbocycles. The van der Waals surface area contributed by atoms with Crippen molar-refractivity contribution >= 4 is 15.9 Å². The molecule has 146 valence electrons. The summed E-state index contributed by atoms with van der Waals surface area (Å²) in [5.74, 6) is -0.300. The lowest BCUT2D eigenvalue weighted by Gasteiger charge is -2.19. The van der Waals surface area contributed by atoms with E-state index >= 15 is 0 Å². The van der Waals surface area contributed by atoms with E-state index in [2.05, 4.69) is 17.0 Å². The van der Waals surface area contributed by atoms with Crippen LogP contribution in [-0.2, 0) is 21.2 Å². The molecule has 27 heavy (non-hydrogen) atoms. The number of sulfonamides is 1. The molecule has 2 aromatic carbocycles. The molecule has 1 atom stereocenters. The summed E-state index contributed by atoms with van der Waals surface area (Å²) < 4.78 is 28.0. The smallest absolute Gasteiger partial charge is 0.241 e. The van der Waals surface area contributed by atoms with Crippen molar-refractivity contribution in [3.8, 4) is 0 Å². The van der Waals surface area contributed by atoms with E-state index in [1.165, 1.54) is 0 Å². The summed E-state index contributed by atoms with van der Waals surface area (Å²) in [6.45, 7) is 4.53. The molecule has 0 heterocycles. The Hall–Kier alpha value is -2.18. The average molecular weight is 389 g/mol. The third-order valence-electron chi connectivity index (χ3n) is 4.31. The predicted molar refractivity (Wildman–Crippen MR) is 108 cm³/mol. The standard InChI is InChI=1S/C21H28N2O3S/c1-3-4-8-15-22-21(24)20(16-18-9-6-5-7-10-18)23-27(25,26)19-13-11-17(2)12-14-19/h5-7,9-14,20,23H,3-4,8,15-16H2,1-2H3,(H,22,24). The second kappa shape index (κ2) is 10.2. The molecule has 2 rings (SSSR count). The minimum atomic E-state index is -3.79. The van der Waals surface area contributed by atoms with Crippen molar-refractivity contribution in [2.75, 3.05) is 6.54 Å². The second-order valence-corrected chi connectivity index (χ2v) is 8.39. The first-order valence-electron chi connectivity index (χ1n) is 9.33. The fourth-order valence-corrected chi connectivity index (χ4v) is 3.92. The van der Waals surface area contributed by atoms with Crippen molar-refractivity contribution < 1.29 is 13.2 Å². The maximum absolute atomic E-state index is 12.7. The molecule has 0 bridgehead atoms. The molecule has 0 saturated heterocycles. The molecule has 5 nitrogen and oxygen atoms in total. The lowest BCUT2D eigenvalue weighted by Crippen LogP contribution is -2.48. The Kier molecular flexibility index (Phi) is 8.00. The lowest BCUT2D eigenvalue weighted by atomic mass is 10.1. The molecule has 1 unspecified atom stereocenters. The van der Waals surface area contributed by atoms with E-state index < -0.39 is 16.1 Å². The van der Waals surface area contributed by atoms with Crippen LogP contribution in [0.5, 0.6) is 0 Å². The number of rotatable bonds is 10. The molecule has 2 N–H and O–H groups in total. The van der Waals surface area contributed by atoms with Crippen LogP contribution in [0.2, 0.25) is 0 Å². The summed E-state index contributed by atoms with van der Waals surface area (Å²) in [4.78, 5) is 12.8. The Morgan fingerprint density at radius 1 is 1.00 bits per heavy atom. The lowest BCUT2D eigenvalue weighted by molar-refractivity contribution is -0.122. The van der Waals surface area contributed by atoms with Gasteiger partial charge in [-0.2, -0.15) is 4.72 Å². The van der Waals surface area contributed by atoms with E-state index in [1.807, 2.05) is 37.3 Å². The number of hydrogen-bond donors (Lipinski definition) is 2. The van der Waals surface area contributed by atoms with Gasteiger partial charge in [0.2, 0.25) is 15.9 Å². The van der Waals surface area contributed by atoms with Crippen molar-refractivity contribution in [1.29, 1.82) is 0 Å². The zero-order chi connectivity index (χ0) is 19.7. The van der Waals surface area contributed by atoms with Crippen molar-refractivity contribution in [1.82, 2.24) is 10.0 Å². The van der Waals surface area contributed by atoms with E-state index in [-0.39, 0.29) is 10.8 Å². The van der Waals surface area contributed by atoms with Crippen LogP contribution in [0.3, 0.4) is 0 Å². The zero-order valence-corrected chi connectivity index (χ0v) is 16.8. The van der Waals surface area contributed by atoms with Gasteiger partial charge in [-0.05, 0) is 37.5 Å². The highest BCUT2D eigenvalue weighted by Crippen LogP contribution is 2.12. The number of unbranched alkanes of at least 4 members (excludes halogenated alkanes) is 2. The van der Waals surface area contributed by atoms with E-state index in [1.54, 1.807) is 24.3 Å². The van der Waals surface area contributed by atoms with Gasteiger partial charge in [0, 0.05) is 6.54 Å². The first-order chi connectivity index (χ1) is 12.9. The summed E-state index contributed by atoms with van der Waals surface area (Å²) in [5.41, 5.74) is 1.88. The summed E-state index contributed by atoms with van der Waals surface area (Å²) in [6, 6.07) is 15.1. The van der Waals surface area contributed by atoms with Crippen molar-refractivity contribution in [2.24, 2.45) is 0 Å². The van der Waals surface area contributed by atoms with Crippen LogP contribution in [-0.4, -0.2) is 26.9 Å². The minimum Gasteiger partial charge on any atom is -0.355 e.